The minimum absolute atomic E-state index is 0.572. The van der Waals surface area contributed by atoms with Crippen LogP contribution in [-0.4, -0.2) is 35.0 Å². The van der Waals surface area contributed by atoms with Crippen LogP contribution in [0.3, 0.4) is 0 Å². The lowest BCUT2D eigenvalue weighted by molar-refractivity contribution is -0.181. The molecule has 4 nitrogen and oxygen atoms in total. The number of aliphatic hydroxyl groups excluding tert-OH is 1. The first-order valence-electron chi connectivity index (χ1n) is 4.13. The Morgan fingerprint density at radius 1 is 1.31 bits per heavy atom. The topological polar surface area (TPSA) is 66.8 Å². The molecule has 0 rings (SSSR count). The van der Waals surface area contributed by atoms with Gasteiger partial charge in [0.2, 0.25) is 0 Å². The summed E-state index contributed by atoms with van der Waals surface area (Å²) in [6.45, 7) is 6.44. The normalized spacial score (nSPS) is 19.0. The number of methoxy groups -OCH3 is 1. The molecule has 0 aliphatic carbocycles. The van der Waals surface area contributed by atoms with Gasteiger partial charge in [-0.1, -0.05) is 20.8 Å². The van der Waals surface area contributed by atoms with Crippen molar-refractivity contribution in [3.63, 3.8) is 0 Å². The molecule has 0 aliphatic rings. The maximum absolute atomic E-state index is 11.1. The van der Waals surface area contributed by atoms with Gasteiger partial charge in [0.1, 0.15) is 0 Å². The third kappa shape index (κ3) is 2.67. The van der Waals surface area contributed by atoms with Crippen LogP contribution in [0.5, 0.6) is 0 Å². The van der Waals surface area contributed by atoms with E-state index in [2.05, 4.69) is 4.74 Å². The van der Waals surface area contributed by atoms with Crippen molar-refractivity contribution in [1.29, 1.82) is 0 Å². The van der Waals surface area contributed by atoms with E-state index in [1.165, 1.54) is 14.0 Å². The van der Waals surface area contributed by atoms with E-state index in [-0.39, 0.29) is 0 Å². The predicted molar refractivity (Wildman–Crippen MR) is 48.1 cm³/mol. The van der Waals surface area contributed by atoms with Crippen LogP contribution in [0.25, 0.3) is 0 Å². The Bertz CT molecular complexity index is 190. The van der Waals surface area contributed by atoms with Crippen molar-refractivity contribution in [2.45, 2.75) is 39.4 Å². The summed E-state index contributed by atoms with van der Waals surface area (Å²) >= 11 is 0. The van der Waals surface area contributed by atoms with Gasteiger partial charge in [0.15, 0.2) is 5.60 Å². The zero-order valence-corrected chi connectivity index (χ0v) is 8.79. The average molecular weight is 190 g/mol. The molecule has 0 aromatic carbocycles. The maximum atomic E-state index is 11.1. The van der Waals surface area contributed by atoms with Crippen molar-refractivity contribution in [3.8, 4) is 0 Å². The third-order valence-corrected chi connectivity index (χ3v) is 1.95. The molecule has 0 fully saturated rings. The standard InChI is InChI=1S/C9H18O4/c1-8(2,3)6(10)9(4,12)7(11)13-5/h6,10,12H,1-5H3/t6-,9+/m0/s1. The van der Waals surface area contributed by atoms with Crippen molar-refractivity contribution in [2.24, 2.45) is 5.41 Å². The second-order valence-electron chi connectivity index (χ2n) is 4.41. The number of carbonyl (C=O) groups excluding carboxylic acids is 1. The van der Waals surface area contributed by atoms with E-state index < -0.39 is 23.1 Å². The largest absolute Gasteiger partial charge is 0.467 e. The van der Waals surface area contributed by atoms with Gasteiger partial charge in [-0.3, -0.25) is 0 Å². The molecule has 0 unspecified atom stereocenters. The molecule has 0 aliphatic heterocycles. The molecular weight excluding hydrogens is 172 g/mol. The molecule has 0 heterocycles. The van der Waals surface area contributed by atoms with Crippen LogP contribution >= 0.6 is 0 Å². The number of rotatable bonds is 2. The first-order valence-corrected chi connectivity index (χ1v) is 4.13. The van der Waals surface area contributed by atoms with Crippen LogP contribution in [-0.2, 0) is 9.53 Å². The lowest BCUT2D eigenvalue weighted by Crippen LogP contribution is -2.53. The molecule has 0 saturated heterocycles. The summed E-state index contributed by atoms with van der Waals surface area (Å²) < 4.78 is 4.38. The smallest absolute Gasteiger partial charge is 0.340 e. The number of esters is 1. The highest BCUT2D eigenvalue weighted by molar-refractivity contribution is 5.79. The number of hydrogen-bond donors (Lipinski definition) is 2. The molecule has 0 amide bonds. The number of hydrogen-bond acceptors (Lipinski definition) is 4. The number of carbonyl (C=O) groups is 1. The van der Waals surface area contributed by atoms with Crippen LogP contribution in [0.15, 0.2) is 0 Å². The van der Waals surface area contributed by atoms with Gasteiger partial charge in [-0.05, 0) is 12.3 Å². The van der Waals surface area contributed by atoms with E-state index in [1.54, 1.807) is 20.8 Å². The highest BCUT2D eigenvalue weighted by Gasteiger charge is 2.45. The van der Waals surface area contributed by atoms with E-state index >= 15 is 0 Å². The molecule has 0 aromatic rings. The van der Waals surface area contributed by atoms with Gasteiger partial charge >= 0.3 is 5.97 Å². The summed E-state index contributed by atoms with van der Waals surface area (Å²) in [6, 6.07) is 0. The van der Waals surface area contributed by atoms with Crippen LogP contribution in [0.2, 0.25) is 0 Å². The van der Waals surface area contributed by atoms with Gasteiger partial charge in [0.05, 0.1) is 13.2 Å². The molecular formula is C9H18O4. The van der Waals surface area contributed by atoms with Gasteiger partial charge in [-0.15, -0.1) is 0 Å². The number of ether oxygens (including phenoxy) is 1. The first kappa shape index (κ1) is 12.4. The second kappa shape index (κ2) is 3.64. The van der Waals surface area contributed by atoms with Gasteiger partial charge in [0, 0.05) is 0 Å². The Morgan fingerprint density at radius 2 is 1.69 bits per heavy atom. The zero-order chi connectivity index (χ0) is 10.9. The average Bonchev–Trinajstić information content (AvgIpc) is 1.99. The van der Waals surface area contributed by atoms with Gasteiger partial charge in [0.25, 0.3) is 0 Å². The van der Waals surface area contributed by atoms with E-state index in [4.69, 9.17) is 0 Å². The quantitative estimate of drug-likeness (QED) is 0.615. The molecule has 78 valence electrons. The first-order chi connectivity index (χ1) is 5.64. The lowest BCUT2D eigenvalue weighted by Gasteiger charge is -2.35. The molecule has 0 saturated carbocycles. The molecule has 0 bridgehead atoms. The fourth-order valence-corrected chi connectivity index (χ4v) is 1.16. The van der Waals surface area contributed by atoms with E-state index in [0.717, 1.165) is 0 Å². The SMILES string of the molecule is COC(=O)[C@](C)(O)[C@@H](O)C(C)(C)C. The third-order valence-electron chi connectivity index (χ3n) is 1.95. The van der Waals surface area contributed by atoms with Crippen LogP contribution < -0.4 is 0 Å². The van der Waals surface area contributed by atoms with Gasteiger partial charge < -0.3 is 14.9 Å². The highest BCUT2D eigenvalue weighted by atomic mass is 16.5. The molecule has 0 aromatic heterocycles. The summed E-state index contributed by atoms with van der Waals surface area (Å²) in [5, 5.41) is 19.3. The van der Waals surface area contributed by atoms with Crippen molar-refractivity contribution >= 4 is 5.97 Å². The fraction of sp³-hybridized carbons (Fsp3) is 0.889. The summed E-state index contributed by atoms with van der Waals surface area (Å²) in [7, 11) is 1.17. The Labute approximate surface area is 78.5 Å². The summed E-state index contributed by atoms with van der Waals surface area (Å²) in [4.78, 5) is 11.1. The monoisotopic (exact) mass is 190 g/mol. The maximum Gasteiger partial charge on any atom is 0.340 e. The van der Waals surface area contributed by atoms with Gasteiger partial charge in [-0.25, -0.2) is 4.79 Å². The molecule has 2 N–H and O–H groups in total. The minimum Gasteiger partial charge on any atom is -0.467 e. The molecule has 4 heteroatoms. The van der Waals surface area contributed by atoms with Crippen LogP contribution in [0.4, 0.5) is 0 Å². The van der Waals surface area contributed by atoms with E-state index in [1.807, 2.05) is 0 Å². The predicted octanol–water partition coefficient (Wildman–Crippen LogP) is 0.317. The fourth-order valence-electron chi connectivity index (χ4n) is 1.16. The second-order valence-corrected chi connectivity index (χ2v) is 4.41. The summed E-state index contributed by atoms with van der Waals surface area (Å²) in [5.74, 6) is -0.824. The van der Waals surface area contributed by atoms with E-state index in [9.17, 15) is 15.0 Å². The van der Waals surface area contributed by atoms with Crippen molar-refractivity contribution in [1.82, 2.24) is 0 Å². The molecule has 0 radical (unpaired) electrons. The number of aliphatic hydroxyl groups is 2. The Kier molecular flexibility index (Phi) is 3.47. The van der Waals surface area contributed by atoms with E-state index in [0.29, 0.717) is 0 Å². The Balaban J connectivity index is 4.74. The van der Waals surface area contributed by atoms with Crippen LogP contribution in [0, 0.1) is 5.41 Å². The lowest BCUT2D eigenvalue weighted by atomic mass is 9.79. The van der Waals surface area contributed by atoms with Crippen molar-refractivity contribution in [2.75, 3.05) is 7.11 Å². The molecule has 2 atom stereocenters. The zero-order valence-electron chi connectivity index (χ0n) is 8.79. The van der Waals surface area contributed by atoms with Crippen molar-refractivity contribution in [3.05, 3.63) is 0 Å². The Hall–Kier alpha value is -0.610. The summed E-state index contributed by atoms with van der Waals surface area (Å²) in [6.07, 6.45) is -1.16. The molecule has 13 heavy (non-hydrogen) atoms. The highest BCUT2D eigenvalue weighted by Crippen LogP contribution is 2.28. The molecule has 0 spiro atoms. The van der Waals surface area contributed by atoms with Gasteiger partial charge in [-0.2, -0.15) is 0 Å². The Morgan fingerprint density at radius 3 is 1.92 bits per heavy atom. The van der Waals surface area contributed by atoms with Crippen molar-refractivity contribution < 1.29 is 19.7 Å². The minimum atomic E-state index is -1.85. The summed E-state index contributed by atoms with van der Waals surface area (Å²) in [5.41, 5.74) is -2.43. The van der Waals surface area contributed by atoms with Crippen LogP contribution in [0.1, 0.15) is 27.7 Å².